The van der Waals surface area contributed by atoms with E-state index in [4.69, 9.17) is 4.74 Å². The first-order valence-electron chi connectivity index (χ1n) is 6.84. The lowest BCUT2D eigenvalue weighted by Crippen LogP contribution is -2.34. The van der Waals surface area contributed by atoms with Crippen molar-refractivity contribution in [3.8, 4) is 0 Å². The van der Waals surface area contributed by atoms with Gasteiger partial charge < -0.3 is 10.1 Å². The number of anilines is 1. The van der Waals surface area contributed by atoms with Crippen molar-refractivity contribution in [3.05, 3.63) is 29.6 Å². The molecule has 1 aliphatic heterocycles. The number of hydrogen-bond donors (Lipinski definition) is 1. The molecular formula is C15H22FNO. The van der Waals surface area contributed by atoms with Crippen molar-refractivity contribution in [2.24, 2.45) is 0 Å². The summed E-state index contributed by atoms with van der Waals surface area (Å²) >= 11 is 0. The van der Waals surface area contributed by atoms with Gasteiger partial charge in [0.05, 0.1) is 6.10 Å². The van der Waals surface area contributed by atoms with Gasteiger partial charge in [-0.05, 0) is 38.3 Å². The Morgan fingerprint density at radius 3 is 3.06 bits per heavy atom. The van der Waals surface area contributed by atoms with Crippen LogP contribution in [0.3, 0.4) is 0 Å². The minimum absolute atomic E-state index is 0.142. The normalized spacial score (nSPS) is 23.9. The van der Waals surface area contributed by atoms with Crippen LogP contribution in [0.15, 0.2) is 18.2 Å². The molecule has 1 N–H and O–H groups in total. The lowest BCUT2D eigenvalue weighted by molar-refractivity contribution is 0.00597. The average molecular weight is 251 g/mol. The Bertz CT molecular complexity index is 392. The number of benzene rings is 1. The van der Waals surface area contributed by atoms with E-state index >= 15 is 0 Å². The number of nitrogens with one attached hydrogen (secondary N) is 1. The zero-order chi connectivity index (χ0) is 13.0. The van der Waals surface area contributed by atoms with Crippen molar-refractivity contribution in [1.29, 1.82) is 0 Å². The summed E-state index contributed by atoms with van der Waals surface area (Å²) in [5, 5.41) is 3.46. The molecule has 0 radical (unpaired) electrons. The molecule has 18 heavy (non-hydrogen) atoms. The van der Waals surface area contributed by atoms with Crippen LogP contribution in [0.2, 0.25) is 0 Å². The summed E-state index contributed by atoms with van der Waals surface area (Å²) in [5.41, 5.74) is 1.62. The molecule has 0 aromatic heterocycles. The van der Waals surface area contributed by atoms with E-state index in [-0.39, 0.29) is 5.82 Å². The molecule has 2 unspecified atom stereocenters. The third-order valence-corrected chi connectivity index (χ3v) is 3.61. The Morgan fingerprint density at radius 1 is 1.44 bits per heavy atom. The first-order valence-corrected chi connectivity index (χ1v) is 6.84. The summed E-state index contributed by atoms with van der Waals surface area (Å²) in [6, 6.07) is 5.61. The van der Waals surface area contributed by atoms with Crippen LogP contribution in [-0.4, -0.2) is 18.8 Å². The average Bonchev–Trinajstić information content (AvgIpc) is 2.36. The lowest BCUT2D eigenvalue weighted by atomic mass is 9.99. The molecular weight excluding hydrogens is 229 g/mol. The van der Waals surface area contributed by atoms with Gasteiger partial charge in [-0.15, -0.1) is 0 Å². The van der Waals surface area contributed by atoms with Crippen LogP contribution in [-0.2, 0) is 4.74 Å². The van der Waals surface area contributed by atoms with Crippen LogP contribution in [0.4, 0.5) is 10.1 Å². The maximum absolute atomic E-state index is 13.5. The maximum Gasteiger partial charge on any atom is 0.128 e. The quantitative estimate of drug-likeness (QED) is 0.876. The van der Waals surface area contributed by atoms with E-state index in [1.54, 1.807) is 6.07 Å². The minimum Gasteiger partial charge on any atom is -0.382 e. The van der Waals surface area contributed by atoms with E-state index in [0.29, 0.717) is 17.7 Å². The van der Waals surface area contributed by atoms with E-state index in [2.05, 4.69) is 12.2 Å². The zero-order valence-electron chi connectivity index (χ0n) is 11.2. The van der Waals surface area contributed by atoms with Gasteiger partial charge in [0, 0.05) is 23.9 Å². The predicted octanol–water partition coefficient (Wildman–Crippen LogP) is 3.89. The molecule has 0 bridgehead atoms. The molecule has 1 aromatic carbocycles. The van der Waals surface area contributed by atoms with Crippen molar-refractivity contribution >= 4 is 5.69 Å². The molecule has 1 heterocycles. The highest BCUT2D eigenvalue weighted by atomic mass is 19.1. The van der Waals surface area contributed by atoms with Crippen LogP contribution >= 0.6 is 0 Å². The Kier molecular flexibility index (Phi) is 4.59. The zero-order valence-corrected chi connectivity index (χ0v) is 11.2. The molecule has 0 saturated carbocycles. The molecule has 2 atom stereocenters. The second kappa shape index (κ2) is 6.19. The van der Waals surface area contributed by atoms with Gasteiger partial charge in [0.25, 0.3) is 0 Å². The highest BCUT2D eigenvalue weighted by Gasteiger charge is 2.22. The van der Waals surface area contributed by atoms with E-state index in [1.165, 1.54) is 6.07 Å². The first-order chi connectivity index (χ1) is 8.70. The maximum atomic E-state index is 13.5. The lowest BCUT2D eigenvalue weighted by Gasteiger charge is -2.31. The molecule has 1 aromatic rings. The standard InChI is InChI=1S/C15H22FNO/c1-3-5-13-10-12(8-9-18-13)17-15-7-4-6-14(16)11(15)2/h4,6-7,12-13,17H,3,5,8-10H2,1-2H3. The van der Waals surface area contributed by atoms with Crippen molar-refractivity contribution < 1.29 is 9.13 Å². The van der Waals surface area contributed by atoms with Crippen molar-refractivity contribution in [3.63, 3.8) is 0 Å². The van der Waals surface area contributed by atoms with Crippen LogP contribution in [0.25, 0.3) is 0 Å². The van der Waals surface area contributed by atoms with Gasteiger partial charge in [0.1, 0.15) is 5.82 Å². The second-order valence-corrected chi connectivity index (χ2v) is 5.06. The molecule has 2 rings (SSSR count). The molecule has 100 valence electrons. The molecule has 1 aliphatic rings. The third-order valence-electron chi connectivity index (χ3n) is 3.61. The van der Waals surface area contributed by atoms with Crippen LogP contribution in [0.1, 0.15) is 38.2 Å². The van der Waals surface area contributed by atoms with E-state index in [0.717, 1.165) is 38.0 Å². The monoisotopic (exact) mass is 251 g/mol. The van der Waals surface area contributed by atoms with Gasteiger partial charge in [-0.1, -0.05) is 19.4 Å². The molecule has 1 saturated heterocycles. The van der Waals surface area contributed by atoms with Crippen molar-refractivity contribution in [2.45, 2.75) is 51.7 Å². The highest BCUT2D eigenvalue weighted by Crippen LogP contribution is 2.24. The minimum atomic E-state index is -0.142. The Hall–Kier alpha value is -1.09. The van der Waals surface area contributed by atoms with E-state index in [9.17, 15) is 4.39 Å². The fraction of sp³-hybridized carbons (Fsp3) is 0.600. The topological polar surface area (TPSA) is 21.3 Å². The first kappa shape index (κ1) is 13.3. The SMILES string of the molecule is CCCC1CC(Nc2cccc(F)c2C)CCO1. The van der Waals surface area contributed by atoms with Crippen LogP contribution in [0.5, 0.6) is 0 Å². The summed E-state index contributed by atoms with van der Waals surface area (Å²) in [6.07, 6.45) is 4.63. The van der Waals surface area contributed by atoms with Gasteiger partial charge in [-0.3, -0.25) is 0 Å². The molecule has 0 spiro atoms. The van der Waals surface area contributed by atoms with Gasteiger partial charge in [-0.2, -0.15) is 0 Å². The third kappa shape index (κ3) is 3.22. The summed E-state index contributed by atoms with van der Waals surface area (Å²) in [5.74, 6) is -0.142. The number of rotatable bonds is 4. The molecule has 0 aliphatic carbocycles. The summed E-state index contributed by atoms with van der Waals surface area (Å²) in [4.78, 5) is 0. The van der Waals surface area contributed by atoms with Gasteiger partial charge in [0.2, 0.25) is 0 Å². The number of ether oxygens (including phenoxy) is 1. The fourth-order valence-corrected chi connectivity index (χ4v) is 2.52. The molecule has 0 amide bonds. The number of halogens is 1. The summed E-state index contributed by atoms with van der Waals surface area (Å²) < 4.78 is 19.2. The molecule has 1 fully saturated rings. The van der Waals surface area contributed by atoms with Gasteiger partial charge in [0.15, 0.2) is 0 Å². The van der Waals surface area contributed by atoms with Crippen LogP contribution in [0, 0.1) is 12.7 Å². The van der Waals surface area contributed by atoms with E-state index in [1.807, 2.05) is 13.0 Å². The predicted molar refractivity (Wildman–Crippen MR) is 72.4 cm³/mol. The smallest absolute Gasteiger partial charge is 0.128 e. The Labute approximate surface area is 109 Å². The summed E-state index contributed by atoms with van der Waals surface area (Å²) in [7, 11) is 0. The number of hydrogen-bond acceptors (Lipinski definition) is 2. The highest BCUT2D eigenvalue weighted by molar-refractivity contribution is 5.51. The Balaban J connectivity index is 1.98. The van der Waals surface area contributed by atoms with Gasteiger partial charge >= 0.3 is 0 Å². The van der Waals surface area contributed by atoms with Crippen LogP contribution < -0.4 is 5.32 Å². The second-order valence-electron chi connectivity index (χ2n) is 5.06. The summed E-state index contributed by atoms with van der Waals surface area (Å²) in [6.45, 7) is 4.80. The van der Waals surface area contributed by atoms with Gasteiger partial charge in [-0.25, -0.2) is 4.39 Å². The fourth-order valence-electron chi connectivity index (χ4n) is 2.52. The molecule has 3 heteroatoms. The molecule has 2 nitrogen and oxygen atoms in total. The van der Waals surface area contributed by atoms with Crippen molar-refractivity contribution in [2.75, 3.05) is 11.9 Å². The van der Waals surface area contributed by atoms with Crippen molar-refractivity contribution in [1.82, 2.24) is 0 Å². The Morgan fingerprint density at radius 2 is 2.28 bits per heavy atom. The largest absolute Gasteiger partial charge is 0.382 e. The van der Waals surface area contributed by atoms with E-state index < -0.39 is 0 Å².